The second-order valence-electron chi connectivity index (χ2n) is 8.04. The maximum absolute atomic E-state index is 12.3. The van der Waals surface area contributed by atoms with Gasteiger partial charge in [0, 0.05) is 12.0 Å². The molecule has 0 N–H and O–H groups in total. The molecule has 0 amide bonds. The van der Waals surface area contributed by atoms with E-state index >= 15 is 0 Å². The van der Waals surface area contributed by atoms with Gasteiger partial charge in [-0.05, 0) is 34.0 Å². The third-order valence-electron chi connectivity index (χ3n) is 5.74. The first-order valence-corrected chi connectivity index (χ1v) is 11.3. The molecule has 0 heterocycles. The van der Waals surface area contributed by atoms with Crippen molar-refractivity contribution in [2.75, 3.05) is 0 Å². The number of carbonyl (C=O) groups is 1. The molecule has 0 saturated heterocycles. The summed E-state index contributed by atoms with van der Waals surface area (Å²) in [5.41, 5.74) is 1.11. The molecule has 154 valence electrons. The molecule has 29 heavy (non-hydrogen) atoms. The fourth-order valence-electron chi connectivity index (χ4n) is 4.07. The van der Waals surface area contributed by atoms with Crippen molar-refractivity contribution < 1.29 is 9.53 Å². The number of ether oxygens (including phenoxy) is 1. The first-order valence-electron chi connectivity index (χ1n) is 11.3. The summed E-state index contributed by atoms with van der Waals surface area (Å²) in [4.78, 5) is 12.3. The number of hydrogen-bond acceptors (Lipinski definition) is 2. The van der Waals surface area contributed by atoms with Crippen LogP contribution in [0, 0.1) is 0 Å². The second-order valence-corrected chi connectivity index (χ2v) is 8.04. The first kappa shape index (κ1) is 21.4. The highest BCUT2D eigenvalue weighted by Gasteiger charge is 2.10. The number of benzene rings is 3. The van der Waals surface area contributed by atoms with Gasteiger partial charge in [0.05, 0.1) is 0 Å². The Morgan fingerprint density at radius 1 is 0.724 bits per heavy atom. The van der Waals surface area contributed by atoms with Gasteiger partial charge in [-0.3, -0.25) is 4.79 Å². The van der Waals surface area contributed by atoms with E-state index in [9.17, 15) is 4.79 Å². The SMILES string of the molecule is CCCCCCCCCCCC(=O)OCc1c2ccccc2cc2ccccc12. The van der Waals surface area contributed by atoms with E-state index in [4.69, 9.17) is 4.74 Å². The molecular formula is C27H34O2. The van der Waals surface area contributed by atoms with E-state index < -0.39 is 0 Å². The van der Waals surface area contributed by atoms with Gasteiger partial charge in [0.1, 0.15) is 6.61 Å². The molecular weight excluding hydrogens is 356 g/mol. The van der Waals surface area contributed by atoms with Crippen molar-refractivity contribution in [3.05, 3.63) is 60.2 Å². The Kier molecular flexibility index (Phi) is 8.55. The van der Waals surface area contributed by atoms with E-state index in [2.05, 4.69) is 49.4 Å². The van der Waals surface area contributed by atoms with E-state index in [-0.39, 0.29) is 5.97 Å². The molecule has 0 aromatic heterocycles. The van der Waals surface area contributed by atoms with E-state index in [0.717, 1.165) is 18.4 Å². The molecule has 0 aliphatic heterocycles. The molecule has 3 aromatic rings. The maximum Gasteiger partial charge on any atom is 0.306 e. The fourth-order valence-corrected chi connectivity index (χ4v) is 4.07. The van der Waals surface area contributed by atoms with Crippen molar-refractivity contribution in [2.24, 2.45) is 0 Å². The van der Waals surface area contributed by atoms with E-state index in [0.29, 0.717) is 13.0 Å². The predicted molar refractivity (Wildman–Crippen MR) is 123 cm³/mol. The summed E-state index contributed by atoms with van der Waals surface area (Å²) >= 11 is 0. The van der Waals surface area contributed by atoms with Crippen molar-refractivity contribution in [1.82, 2.24) is 0 Å². The number of fused-ring (bicyclic) bond motifs is 2. The van der Waals surface area contributed by atoms with Crippen LogP contribution in [0.15, 0.2) is 54.6 Å². The highest BCUT2D eigenvalue weighted by atomic mass is 16.5. The summed E-state index contributed by atoms with van der Waals surface area (Å²) in [7, 11) is 0. The lowest BCUT2D eigenvalue weighted by molar-refractivity contribution is -0.145. The van der Waals surface area contributed by atoms with Gasteiger partial charge in [0.15, 0.2) is 0 Å². The average Bonchev–Trinajstić information content (AvgIpc) is 2.75. The highest BCUT2D eigenvalue weighted by molar-refractivity contribution is 6.02. The van der Waals surface area contributed by atoms with Gasteiger partial charge >= 0.3 is 5.97 Å². The van der Waals surface area contributed by atoms with Crippen LogP contribution in [-0.2, 0) is 16.1 Å². The van der Waals surface area contributed by atoms with E-state index in [1.165, 1.54) is 66.5 Å². The van der Waals surface area contributed by atoms with Gasteiger partial charge in [-0.1, -0.05) is 107 Å². The van der Waals surface area contributed by atoms with Crippen LogP contribution >= 0.6 is 0 Å². The predicted octanol–water partition coefficient (Wildman–Crippen LogP) is 7.96. The average molecular weight is 391 g/mol. The fraction of sp³-hybridized carbons (Fsp3) is 0.444. The van der Waals surface area contributed by atoms with Gasteiger partial charge in [0.2, 0.25) is 0 Å². The Balaban J connectivity index is 1.47. The number of rotatable bonds is 12. The largest absolute Gasteiger partial charge is 0.461 e. The maximum atomic E-state index is 12.3. The molecule has 0 bridgehead atoms. The Morgan fingerprint density at radius 2 is 1.24 bits per heavy atom. The molecule has 0 spiro atoms. The van der Waals surface area contributed by atoms with Crippen molar-refractivity contribution in [2.45, 2.75) is 77.7 Å². The van der Waals surface area contributed by atoms with Crippen LogP contribution in [-0.4, -0.2) is 5.97 Å². The minimum absolute atomic E-state index is 0.0787. The zero-order valence-corrected chi connectivity index (χ0v) is 17.8. The molecule has 0 fully saturated rings. The van der Waals surface area contributed by atoms with Gasteiger partial charge in [-0.25, -0.2) is 0 Å². The highest BCUT2D eigenvalue weighted by Crippen LogP contribution is 2.29. The molecule has 2 heteroatoms. The van der Waals surface area contributed by atoms with Gasteiger partial charge in [-0.2, -0.15) is 0 Å². The first-order chi connectivity index (χ1) is 14.3. The summed E-state index contributed by atoms with van der Waals surface area (Å²) in [5, 5.41) is 4.72. The van der Waals surface area contributed by atoms with E-state index in [1.807, 2.05) is 12.1 Å². The van der Waals surface area contributed by atoms with Gasteiger partial charge in [-0.15, -0.1) is 0 Å². The Hall–Kier alpha value is -2.35. The van der Waals surface area contributed by atoms with Crippen LogP contribution in [0.5, 0.6) is 0 Å². The number of carbonyl (C=O) groups excluding carboxylic acids is 1. The van der Waals surface area contributed by atoms with Crippen molar-refractivity contribution in [3.63, 3.8) is 0 Å². The molecule has 0 aliphatic rings. The lowest BCUT2D eigenvalue weighted by Crippen LogP contribution is -2.05. The normalized spacial score (nSPS) is 11.2. The molecule has 3 rings (SSSR count). The van der Waals surface area contributed by atoms with Crippen molar-refractivity contribution >= 4 is 27.5 Å². The lowest BCUT2D eigenvalue weighted by atomic mass is 9.97. The Morgan fingerprint density at radius 3 is 1.83 bits per heavy atom. The van der Waals surface area contributed by atoms with Crippen molar-refractivity contribution in [1.29, 1.82) is 0 Å². The number of unbranched alkanes of at least 4 members (excludes halogenated alkanes) is 8. The molecule has 0 atom stereocenters. The van der Waals surface area contributed by atoms with Crippen LogP contribution in [0.4, 0.5) is 0 Å². The summed E-state index contributed by atoms with van der Waals surface area (Å²) < 4.78 is 5.68. The third kappa shape index (κ3) is 6.32. The number of esters is 1. The molecule has 2 nitrogen and oxygen atoms in total. The summed E-state index contributed by atoms with van der Waals surface area (Å²) in [5.74, 6) is -0.0787. The van der Waals surface area contributed by atoms with Crippen LogP contribution in [0.1, 0.15) is 76.7 Å². The monoisotopic (exact) mass is 390 g/mol. The van der Waals surface area contributed by atoms with Crippen LogP contribution < -0.4 is 0 Å². The molecule has 3 aromatic carbocycles. The Labute approximate surface area is 175 Å². The van der Waals surface area contributed by atoms with Crippen LogP contribution in [0.2, 0.25) is 0 Å². The molecule has 0 radical (unpaired) electrons. The molecule has 0 aliphatic carbocycles. The summed E-state index contributed by atoms with van der Waals surface area (Å²) in [6, 6.07) is 18.9. The Bertz CT molecular complexity index is 859. The minimum Gasteiger partial charge on any atom is -0.461 e. The van der Waals surface area contributed by atoms with Gasteiger partial charge < -0.3 is 4.74 Å². The zero-order valence-electron chi connectivity index (χ0n) is 17.8. The van der Waals surface area contributed by atoms with Gasteiger partial charge in [0.25, 0.3) is 0 Å². The summed E-state index contributed by atoms with van der Waals surface area (Å²) in [6.45, 7) is 2.60. The number of hydrogen-bond donors (Lipinski definition) is 0. The molecule has 0 unspecified atom stereocenters. The minimum atomic E-state index is -0.0787. The quantitative estimate of drug-likeness (QED) is 0.178. The van der Waals surface area contributed by atoms with E-state index in [1.54, 1.807) is 0 Å². The third-order valence-corrected chi connectivity index (χ3v) is 5.74. The van der Waals surface area contributed by atoms with Crippen LogP contribution in [0.25, 0.3) is 21.5 Å². The topological polar surface area (TPSA) is 26.3 Å². The lowest BCUT2D eigenvalue weighted by Gasteiger charge is -2.12. The second kappa shape index (κ2) is 11.6. The standard InChI is InChI=1S/C27H34O2/c1-2-3-4-5-6-7-8-9-10-19-27(28)29-21-26-24-17-13-11-15-22(24)20-23-16-12-14-18-25(23)26/h11-18,20H,2-10,19,21H2,1H3. The molecule has 0 saturated carbocycles. The zero-order chi connectivity index (χ0) is 20.3. The summed E-state index contributed by atoms with van der Waals surface area (Å²) in [6.07, 6.45) is 11.8. The van der Waals surface area contributed by atoms with Crippen LogP contribution in [0.3, 0.4) is 0 Å². The smallest absolute Gasteiger partial charge is 0.306 e. The van der Waals surface area contributed by atoms with Crippen molar-refractivity contribution in [3.8, 4) is 0 Å².